The van der Waals surface area contributed by atoms with Gasteiger partial charge >= 0.3 is 0 Å². The first-order valence-electron chi connectivity index (χ1n) is 17.8. The van der Waals surface area contributed by atoms with Crippen molar-refractivity contribution in [3.8, 4) is 33.4 Å². The number of thiophene rings is 1. The van der Waals surface area contributed by atoms with Gasteiger partial charge in [0.25, 0.3) is 0 Å². The zero-order valence-corrected chi connectivity index (χ0v) is 29.2. The van der Waals surface area contributed by atoms with Crippen molar-refractivity contribution in [2.24, 2.45) is 0 Å². The second-order valence-electron chi connectivity index (χ2n) is 13.3. The molecule has 0 fully saturated rings. The molecular weight excluding hydrogens is 647 g/mol. The molecule has 0 saturated heterocycles. The van der Waals surface area contributed by atoms with E-state index < -0.39 is 0 Å². The minimum Gasteiger partial charge on any atom is -0.310 e. The molecule has 0 radical (unpaired) electrons. The molecule has 0 atom stereocenters. The maximum Gasteiger partial charge on any atom is 0.0468 e. The topological polar surface area (TPSA) is 3.24 Å². The van der Waals surface area contributed by atoms with E-state index in [2.05, 4.69) is 205 Å². The molecule has 0 spiro atoms. The molecule has 1 heterocycles. The summed E-state index contributed by atoms with van der Waals surface area (Å²) in [7, 11) is 0. The van der Waals surface area contributed by atoms with E-state index in [1.54, 1.807) is 0 Å². The van der Waals surface area contributed by atoms with Gasteiger partial charge in [0.1, 0.15) is 0 Å². The largest absolute Gasteiger partial charge is 0.310 e. The summed E-state index contributed by atoms with van der Waals surface area (Å²) in [6.45, 7) is 0. The van der Waals surface area contributed by atoms with Crippen molar-refractivity contribution in [2.45, 2.75) is 0 Å². The van der Waals surface area contributed by atoms with Crippen LogP contribution in [-0.2, 0) is 0 Å². The third-order valence-corrected chi connectivity index (χ3v) is 11.4. The van der Waals surface area contributed by atoms with Crippen LogP contribution in [-0.4, -0.2) is 0 Å². The Kier molecular flexibility index (Phi) is 7.41. The number of fused-ring (bicyclic) bond motifs is 6. The standard InChI is InChI=1S/C50H33NS/c1-3-12-34(13-4-1)43-31-30-41(33-46(43)35-14-5-2-6-15-35)51(40-29-26-38-23-22-36-16-7-8-17-42(36)47(38)32-40)39-27-24-37(25-28-39)44-19-11-21-49-50(44)45-18-9-10-20-48(45)52-49/h1-33H. The molecule has 10 rings (SSSR count). The maximum absolute atomic E-state index is 2.41. The first kappa shape index (κ1) is 30.4. The lowest BCUT2D eigenvalue weighted by atomic mass is 9.93. The van der Waals surface area contributed by atoms with Crippen molar-refractivity contribution in [2.75, 3.05) is 4.90 Å². The highest BCUT2D eigenvalue weighted by molar-refractivity contribution is 7.25. The highest BCUT2D eigenvalue weighted by atomic mass is 32.1. The minimum atomic E-state index is 1.11. The summed E-state index contributed by atoms with van der Waals surface area (Å²) in [5.74, 6) is 0. The fourth-order valence-corrected chi connectivity index (χ4v) is 8.91. The first-order chi connectivity index (χ1) is 25.8. The monoisotopic (exact) mass is 679 g/mol. The predicted octanol–water partition coefficient (Wildman–Crippen LogP) is 14.8. The van der Waals surface area contributed by atoms with Gasteiger partial charge in [0.15, 0.2) is 0 Å². The molecule has 0 saturated carbocycles. The lowest BCUT2D eigenvalue weighted by Gasteiger charge is -2.27. The molecular formula is C50H33NS. The zero-order chi connectivity index (χ0) is 34.4. The summed E-state index contributed by atoms with van der Waals surface area (Å²) in [4.78, 5) is 2.41. The Hall–Kier alpha value is -6.48. The number of hydrogen-bond donors (Lipinski definition) is 0. The van der Waals surface area contributed by atoms with Gasteiger partial charge in [-0.05, 0) is 103 Å². The molecule has 0 aliphatic rings. The van der Waals surface area contributed by atoms with Crippen LogP contribution >= 0.6 is 11.3 Å². The Morgan fingerprint density at radius 3 is 1.65 bits per heavy atom. The molecule has 1 nitrogen and oxygen atoms in total. The highest BCUT2D eigenvalue weighted by Crippen LogP contribution is 2.44. The third kappa shape index (κ3) is 5.24. The van der Waals surface area contributed by atoms with Crippen molar-refractivity contribution in [3.05, 3.63) is 200 Å². The number of nitrogens with zero attached hydrogens (tertiary/aromatic N) is 1. The van der Waals surface area contributed by atoms with Crippen LogP contribution < -0.4 is 4.90 Å². The van der Waals surface area contributed by atoms with E-state index in [0.29, 0.717) is 0 Å². The lowest BCUT2D eigenvalue weighted by molar-refractivity contribution is 1.29. The second-order valence-corrected chi connectivity index (χ2v) is 14.4. The van der Waals surface area contributed by atoms with E-state index in [-0.39, 0.29) is 0 Å². The normalized spacial score (nSPS) is 11.5. The molecule has 0 N–H and O–H groups in total. The molecule has 0 aliphatic carbocycles. The van der Waals surface area contributed by atoms with Crippen molar-refractivity contribution in [3.63, 3.8) is 0 Å². The van der Waals surface area contributed by atoms with E-state index in [9.17, 15) is 0 Å². The van der Waals surface area contributed by atoms with Crippen LogP contribution in [0.3, 0.4) is 0 Å². The molecule has 0 bridgehead atoms. The molecule has 0 amide bonds. The number of hydrogen-bond acceptors (Lipinski definition) is 2. The van der Waals surface area contributed by atoms with Gasteiger partial charge in [-0.15, -0.1) is 11.3 Å². The number of rotatable bonds is 6. The Bertz CT molecular complexity index is 2890. The molecule has 52 heavy (non-hydrogen) atoms. The molecule has 1 aromatic heterocycles. The second kappa shape index (κ2) is 12.7. The van der Waals surface area contributed by atoms with Crippen LogP contribution in [0.2, 0.25) is 0 Å². The van der Waals surface area contributed by atoms with Crippen LogP contribution in [0, 0.1) is 0 Å². The van der Waals surface area contributed by atoms with Crippen LogP contribution in [0.1, 0.15) is 0 Å². The van der Waals surface area contributed by atoms with Crippen molar-refractivity contribution < 1.29 is 0 Å². The van der Waals surface area contributed by atoms with Crippen molar-refractivity contribution in [1.29, 1.82) is 0 Å². The quantitative estimate of drug-likeness (QED) is 0.158. The summed E-state index contributed by atoms with van der Waals surface area (Å²) < 4.78 is 2.64. The van der Waals surface area contributed by atoms with Gasteiger partial charge in [0.2, 0.25) is 0 Å². The average molecular weight is 680 g/mol. The average Bonchev–Trinajstić information content (AvgIpc) is 3.61. The van der Waals surface area contributed by atoms with Crippen LogP contribution in [0.5, 0.6) is 0 Å². The summed E-state index contributed by atoms with van der Waals surface area (Å²) in [5, 5.41) is 7.64. The highest BCUT2D eigenvalue weighted by Gasteiger charge is 2.18. The third-order valence-electron chi connectivity index (χ3n) is 10.3. The summed E-state index contributed by atoms with van der Waals surface area (Å²) in [6, 6.07) is 73.0. The van der Waals surface area contributed by atoms with E-state index in [0.717, 1.165) is 17.1 Å². The Labute approximate surface area is 307 Å². The van der Waals surface area contributed by atoms with Gasteiger partial charge in [0.05, 0.1) is 0 Å². The Morgan fingerprint density at radius 2 is 0.865 bits per heavy atom. The van der Waals surface area contributed by atoms with Gasteiger partial charge in [0, 0.05) is 37.2 Å². The van der Waals surface area contributed by atoms with Gasteiger partial charge in [-0.3, -0.25) is 0 Å². The Morgan fingerprint density at radius 1 is 0.308 bits per heavy atom. The maximum atomic E-state index is 2.41. The minimum absolute atomic E-state index is 1.11. The van der Waals surface area contributed by atoms with E-state index in [1.807, 2.05) is 11.3 Å². The fraction of sp³-hybridized carbons (Fsp3) is 0. The molecule has 0 aliphatic heterocycles. The molecule has 2 heteroatoms. The summed E-state index contributed by atoms with van der Waals surface area (Å²) in [5.41, 5.74) is 10.6. The van der Waals surface area contributed by atoms with Crippen LogP contribution in [0.25, 0.3) is 75.1 Å². The Balaban J connectivity index is 1.17. The van der Waals surface area contributed by atoms with Gasteiger partial charge in [-0.1, -0.05) is 152 Å². The SMILES string of the molecule is c1ccc(-c2ccc(N(c3ccc(-c4cccc5sc6ccccc6c45)cc3)c3ccc4ccc5ccccc5c4c3)cc2-c2ccccc2)cc1. The summed E-state index contributed by atoms with van der Waals surface area (Å²) in [6.07, 6.45) is 0. The molecule has 10 aromatic rings. The van der Waals surface area contributed by atoms with Crippen LogP contribution in [0.4, 0.5) is 17.1 Å². The first-order valence-corrected chi connectivity index (χ1v) is 18.6. The smallest absolute Gasteiger partial charge is 0.0468 e. The van der Waals surface area contributed by atoms with E-state index in [1.165, 1.54) is 75.1 Å². The number of benzene rings is 9. The fourth-order valence-electron chi connectivity index (χ4n) is 7.78. The van der Waals surface area contributed by atoms with Gasteiger partial charge < -0.3 is 4.90 Å². The predicted molar refractivity (Wildman–Crippen MR) is 225 cm³/mol. The van der Waals surface area contributed by atoms with Crippen molar-refractivity contribution >= 4 is 70.1 Å². The van der Waals surface area contributed by atoms with Crippen LogP contribution in [0.15, 0.2) is 200 Å². The lowest BCUT2D eigenvalue weighted by Crippen LogP contribution is -2.10. The molecule has 9 aromatic carbocycles. The van der Waals surface area contributed by atoms with E-state index in [4.69, 9.17) is 0 Å². The van der Waals surface area contributed by atoms with E-state index >= 15 is 0 Å². The zero-order valence-electron chi connectivity index (χ0n) is 28.4. The van der Waals surface area contributed by atoms with Crippen molar-refractivity contribution in [1.82, 2.24) is 0 Å². The summed E-state index contributed by atoms with van der Waals surface area (Å²) >= 11 is 1.87. The van der Waals surface area contributed by atoms with Gasteiger partial charge in [-0.25, -0.2) is 0 Å². The molecule has 0 unspecified atom stereocenters. The van der Waals surface area contributed by atoms with Gasteiger partial charge in [-0.2, -0.15) is 0 Å². The molecule has 244 valence electrons. The number of anilines is 3.